The van der Waals surface area contributed by atoms with Crippen LogP contribution in [-0.2, 0) is 35.0 Å². The highest BCUT2D eigenvalue weighted by molar-refractivity contribution is 6.31. The summed E-state index contributed by atoms with van der Waals surface area (Å²) in [6.45, 7) is 2.42. The zero-order chi connectivity index (χ0) is 35.5. The highest BCUT2D eigenvalue weighted by Gasteiger charge is 2.24. The summed E-state index contributed by atoms with van der Waals surface area (Å²) in [6, 6.07) is 11.0. The van der Waals surface area contributed by atoms with Gasteiger partial charge in [0.1, 0.15) is 19.0 Å². The summed E-state index contributed by atoms with van der Waals surface area (Å²) in [5.74, 6) is -2.00. The molecule has 2 aromatic heterocycles. The number of nitrogens with zero attached hydrogens (tertiary/aromatic N) is 5. The lowest BCUT2D eigenvalue weighted by atomic mass is 9.95. The second-order valence-corrected chi connectivity index (χ2v) is 11.8. The first-order valence-electron chi connectivity index (χ1n) is 16.1. The van der Waals surface area contributed by atoms with Crippen LogP contribution in [0.3, 0.4) is 0 Å². The molecule has 262 valence electrons. The molecule has 0 unspecified atom stereocenters. The smallest absolute Gasteiger partial charge is 0.328 e. The molecule has 2 aromatic carbocycles. The lowest BCUT2D eigenvalue weighted by molar-refractivity contribution is -0.145. The normalized spacial score (nSPS) is 16.0. The third kappa shape index (κ3) is 9.27. The molecule has 0 saturated carbocycles. The molecule has 0 saturated heterocycles. The van der Waals surface area contributed by atoms with Gasteiger partial charge in [0, 0.05) is 36.2 Å². The molecule has 13 nitrogen and oxygen atoms in total. The van der Waals surface area contributed by atoms with Gasteiger partial charge in [0.25, 0.3) is 0 Å². The van der Waals surface area contributed by atoms with E-state index in [0.717, 1.165) is 11.1 Å². The molecule has 1 aliphatic rings. The number of amides is 1. The zero-order valence-corrected chi connectivity index (χ0v) is 28.4. The second-order valence-electron chi connectivity index (χ2n) is 11.4. The summed E-state index contributed by atoms with van der Waals surface area (Å²) >= 11 is 6.04. The molecule has 0 aliphatic carbocycles. The minimum Gasteiger partial charge on any atom is -0.464 e. The number of nitrogens with one attached hydrogen (secondary N) is 2. The Morgan fingerprint density at radius 2 is 1.94 bits per heavy atom. The SMILES string of the molecule is CCOC(=O)[C@H]1CCCC[C@H](NC(=O)/C=C/c2c(-n3cnnn3)ccc(Cl)c2F)c2cc(ccn2)-c2ccc(CC(=O)OCCOC)cc2N1. The van der Waals surface area contributed by atoms with Crippen molar-refractivity contribution in [1.82, 2.24) is 30.5 Å². The molecule has 4 aromatic rings. The number of fused-ring (bicyclic) bond motifs is 4. The standard InChI is InChI=1S/C35H37ClFN7O6/c1-3-49-35(47)28-7-5-4-6-27(41-32(45)13-10-25-31(44-21-39-42-43-44)12-11-26(36)34(25)37)30-20-23(14-15-38-30)24-9-8-22(18-29(24)40-28)19-33(46)50-17-16-48-2/h8-15,18,20-21,27-28,40H,3-7,16-17,19H2,1-2H3,(H,41,45)/b13-10+/t27-,28+/m0/s1. The molecule has 50 heavy (non-hydrogen) atoms. The van der Waals surface area contributed by atoms with Crippen LogP contribution in [-0.4, -0.2) is 76.0 Å². The van der Waals surface area contributed by atoms with E-state index in [1.165, 1.54) is 36.3 Å². The number of esters is 2. The first-order chi connectivity index (χ1) is 24.3. The van der Waals surface area contributed by atoms with E-state index in [9.17, 15) is 14.4 Å². The Balaban J connectivity index is 1.44. The van der Waals surface area contributed by atoms with Gasteiger partial charge < -0.3 is 24.8 Å². The van der Waals surface area contributed by atoms with Crippen LogP contribution >= 0.6 is 11.6 Å². The Kier molecular flexibility index (Phi) is 12.6. The van der Waals surface area contributed by atoms with E-state index in [2.05, 4.69) is 31.1 Å². The fourth-order valence-corrected chi connectivity index (χ4v) is 5.74. The monoisotopic (exact) mass is 705 g/mol. The number of methoxy groups -OCH3 is 1. The van der Waals surface area contributed by atoms with Gasteiger partial charge >= 0.3 is 11.9 Å². The van der Waals surface area contributed by atoms with Gasteiger partial charge in [0.2, 0.25) is 5.91 Å². The Hall–Kier alpha value is -5.21. The van der Waals surface area contributed by atoms with Crippen molar-refractivity contribution < 1.29 is 33.0 Å². The molecule has 2 atom stereocenters. The molecule has 15 heteroatoms. The number of carbonyl (C=O) groups is 3. The molecule has 3 heterocycles. The second kappa shape index (κ2) is 17.4. The Morgan fingerprint density at radius 3 is 2.72 bits per heavy atom. The Labute approximate surface area is 293 Å². The fraction of sp³-hybridized carbons (Fsp3) is 0.343. The fourth-order valence-electron chi connectivity index (χ4n) is 5.57. The number of aromatic nitrogens is 5. The Bertz CT molecular complexity index is 1840. The van der Waals surface area contributed by atoms with Gasteiger partial charge in [-0.25, -0.2) is 9.18 Å². The molecule has 2 N–H and O–H groups in total. The van der Waals surface area contributed by atoms with Crippen LogP contribution < -0.4 is 10.6 Å². The number of halogens is 2. The zero-order valence-electron chi connectivity index (χ0n) is 27.6. The summed E-state index contributed by atoms with van der Waals surface area (Å²) in [4.78, 5) is 43.4. The van der Waals surface area contributed by atoms with Crippen molar-refractivity contribution >= 4 is 41.2 Å². The third-order valence-corrected chi connectivity index (χ3v) is 8.28. The van der Waals surface area contributed by atoms with Gasteiger partial charge in [-0.1, -0.05) is 36.6 Å². The summed E-state index contributed by atoms with van der Waals surface area (Å²) < 4.78 is 32.0. The van der Waals surface area contributed by atoms with Crippen LogP contribution in [0.1, 0.15) is 55.5 Å². The maximum atomic E-state index is 15.1. The average Bonchev–Trinajstić information content (AvgIpc) is 3.64. The Morgan fingerprint density at radius 1 is 1.10 bits per heavy atom. The predicted molar refractivity (Wildman–Crippen MR) is 183 cm³/mol. The number of pyridine rings is 1. The number of carbonyl (C=O) groups excluding carboxylic acids is 3. The lowest BCUT2D eigenvalue weighted by Crippen LogP contribution is -2.32. The van der Waals surface area contributed by atoms with E-state index < -0.39 is 29.8 Å². The van der Waals surface area contributed by atoms with Crippen molar-refractivity contribution in [3.8, 4) is 16.8 Å². The van der Waals surface area contributed by atoms with Crippen LogP contribution in [0.15, 0.2) is 61.1 Å². The van der Waals surface area contributed by atoms with Crippen LogP contribution in [0, 0.1) is 5.82 Å². The first kappa shape index (κ1) is 36.1. The van der Waals surface area contributed by atoms with Crippen LogP contribution in [0.25, 0.3) is 22.9 Å². The van der Waals surface area contributed by atoms with Gasteiger partial charge in [-0.3, -0.25) is 14.6 Å². The summed E-state index contributed by atoms with van der Waals surface area (Å²) in [6.07, 6.45) is 7.78. The minimum atomic E-state index is -0.723. The molecule has 2 bridgehead atoms. The maximum Gasteiger partial charge on any atom is 0.328 e. The highest BCUT2D eigenvalue weighted by atomic mass is 35.5. The summed E-state index contributed by atoms with van der Waals surface area (Å²) in [5.41, 5.74) is 3.82. The van der Waals surface area contributed by atoms with Crippen molar-refractivity contribution in [3.63, 3.8) is 0 Å². The van der Waals surface area contributed by atoms with E-state index in [4.69, 9.17) is 25.8 Å². The van der Waals surface area contributed by atoms with E-state index >= 15 is 4.39 Å². The number of benzene rings is 2. The highest BCUT2D eigenvalue weighted by Crippen LogP contribution is 2.33. The van der Waals surface area contributed by atoms with E-state index in [1.807, 2.05) is 30.3 Å². The van der Waals surface area contributed by atoms with Crippen molar-refractivity contribution in [2.75, 3.05) is 32.2 Å². The van der Waals surface area contributed by atoms with E-state index in [1.54, 1.807) is 19.2 Å². The quantitative estimate of drug-likeness (QED) is 0.122. The van der Waals surface area contributed by atoms with Crippen LogP contribution in [0.5, 0.6) is 0 Å². The third-order valence-electron chi connectivity index (χ3n) is 7.99. The number of tetrazole rings is 1. The number of anilines is 1. The summed E-state index contributed by atoms with van der Waals surface area (Å²) in [7, 11) is 1.53. The van der Waals surface area contributed by atoms with Gasteiger partial charge in [-0.15, -0.1) is 5.10 Å². The minimum absolute atomic E-state index is 0.0300. The van der Waals surface area contributed by atoms with Gasteiger partial charge in [0.05, 0.1) is 42.1 Å². The predicted octanol–water partition coefficient (Wildman–Crippen LogP) is 5.04. The van der Waals surface area contributed by atoms with Crippen molar-refractivity contribution in [2.24, 2.45) is 0 Å². The lowest BCUT2D eigenvalue weighted by Gasteiger charge is -2.24. The molecule has 1 aliphatic heterocycles. The molecule has 0 spiro atoms. The first-order valence-corrected chi connectivity index (χ1v) is 16.5. The van der Waals surface area contributed by atoms with Gasteiger partial charge in [-0.2, -0.15) is 4.68 Å². The van der Waals surface area contributed by atoms with Crippen molar-refractivity contribution in [1.29, 1.82) is 0 Å². The maximum absolute atomic E-state index is 15.1. The number of ether oxygens (including phenoxy) is 3. The van der Waals surface area contributed by atoms with Gasteiger partial charge in [0.15, 0.2) is 5.82 Å². The average molecular weight is 706 g/mol. The van der Waals surface area contributed by atoms with Crippen LogP contribution in [0.4, 0.5) is 10.1 Å². The van der Waals surface area contributed by atoms with Crippen LogP contribution in [0.2, 0.25) is 5.02 Å². The largest absolute Gasteiger partial charge is 0.464 e. The van der Waals surface area contributed by atoms with E-state index in [0.29, 0.717) is 54.9 Å². The van der Waals surface area contributed by atoms with Crippen molar-refractivity contribution in [3.05, 3.63) is 88.7 Å². The molecular weight excluding hydrogens is 669 g/mol. The molecule has 5 rings (SSSR count). The van der Waals surface area contributed by atoms with Gasteiger partial charge in [-0.05, 0) is 77.7 Å². The van der Waals surface area contributed by atoms with E-state index in [-0.39, 0.29) is 36.2 Å². The molecule has 1 amide bonds. The molecular formula is C35H37ClFN7O6. The number of rotatable bonds is 11. The number of hydrogen-bond donors (Lipinski definition) is 2. The molecule has 0 radical (unpaired) electrons. The number of hydrogen-bond acceptors (Lipinski definition) is 11. The van der Waals surface area contributed by atoms with Crippen molar-refractivity contribution in [2.45, 2.75) is 51.1 Å². The summed E-state index contributed by atoms with van der Waals surface area (Å²) in [5, 5.41) is 17.3. The molecule has 0 fully saturated rings. The topological polar surface area (TPSA) is 159 Å².